The summed E-state index contributed by atoms with van der Waals surface area (Å²) in [6.45, 7) is 6.81. The van der Waals surface area contributed by atoms with Crippen LogP contribution in [0.3, 0.4) is 0 Å². The topological polar surface area (TPSA) is 0 Å². The average Bonchev–Trinajstić information content (AvgIpc) is 2.05. The van der Waals surface area contributed by atoms with Crippen LogP contribution < -0.4 is 0 Å². The van der Waals surface area contributed by atoms with E-state index in [1.807, 2.05) is 0 Å². The summed E-state index contributed by atoms with van der Waals surface area (Å²) in [6.07, 6.45) is 10.6. The van der Waals surface area contributed by atoms with Crippen LogP contribution in [0.1, 0.15) is 59.3 Å². The summed E-state index contributed by atoms with van der Waals surface area (Å²) in [5.74, 6) is 0.967. The average molecular weight is 155 g/mol. The molecule has 67 valence electrons. The van der Waals surface area contributed by atoms with Crippen LogP contribution in [0.4, 0.5) is 0 Å². The van der Waals surface area contributed by atoms with E-state index in [1.54, 1.807) is 0 Å². The van der Waals surface area contributed by atoms with Gasteiger partial charge in [-0.15, -0.1) is 0 Å². The minimum atomic E-state index is 0.967. The van der Waals surface area contributed by atoms with Crippen LogP contribution in [0.25, 0.3) is 0 Å². The van der Waals surface area contributed by atoms with Gasteiger partial charge in [0.05, 0.1) is 0 Å². The predicted octanol–water partition coefficient (Wildman–Crippen LogP) is 4.21. The molecule has 0 aliphatic heterocycles. The van der Waals surface area contributed by atoms with Gasteiger partial charge in [0.1, 0.15) is 0 Å². The zero-order valence-corrected chi connectivity index (χ0v) is 8.40. The van der Waals surface area contributed by atoms with Crippen molar-refractivity contribution in [2.24, 2.45) is 5.92 Å². The zero-order valence-electron chi connectivity index (χ0n) is 8.40. The Morgan fingerprint density at radius 2 is 1.91 bits per heavy atom. The highest BCUT2D eigenvalue weighted by Crippen LogP contribution is 2.18. The molecule has 1 unspecified atom stereocenters. The van der Waals surface area contributed by atoms with Crippen LogP contribution >= 0.6 is 0 Å². The van der Waals surface area contributed by atoms with Gasteiger partial charge >= 0.3 is 0 Å². The van der Waals surface area contributed by atoms with Crippen molar-refractivity contribution in [3.8, 4) is 0 Å². The highest BCUT2D eigenvalue weighted by atomic mass is 14.1. The van der Waals surface area contributed by atoms with Gasteiger partial charge in [-0.05, 0) is 18.8 Å². The molecule has 0 heterocycles. The minimum absolute atomic E-state index is 0.967. The number of unbranched alkanes of at least 4 members (excludes halogenated alkanes) is 2. The lowest BCUT2D eigenvalue weighted by molar-refractivity contribution is 0.442. The van der Waals surface area contributed by atoms with Crippen molar-refractivity contribution < 1.29 is 0 Å². The monoisotopic (exact) mass is 155 g/mol. The Balaban J connectivity index is 3.25. The van der Waals surface area contributed by atoms with Crippen LogP contribution in [-0.4, -0.2) is 0 Å². The number of rotatable bonds is 7. The molecule has 1 atom stereocenters. The third-order valence-electron chi connectivity index (χ3n) is 2.33. The molecule has 1 radical (unpaired) electrons. The van der Waals surface area contributed by atoms with E-state index in [0.717, 1.165) is 5.92 Å². The van der Waals surface area contributed by atoms with Crippen LogP contribution in [0.2, 0.25) is 0 Å². The third-order valence-corrected chi connectivity index (χ3v) is 2.33. The summed E-state index contributed by atoms with van der Waals surface area (Å²) in [5.41, 5.74) is 0. The first-order chi connectivity index (χ1) is 5.35. The summed E-state index contributed by atoms with van der Waals surface area (Å²) < 4.78 is 0. The Labute approximate surface area is 72.4 Å². The molecule has 0 spiro atoms. The molecule has 0 saturated heterocycles. The Bertz CT molecular complexity index is 58.4. The minimum Gasteiger partial charge on any atom is -0.0654 e. The molecule has 0 aliphatic rings. The molecule has 11 heavy (non-hydrogen) atoms. The lowest BCUT2D eigenvalue weighted by atomic mass is 9.94. The summed E-state index contributed by atoms with van der Waals surface area (Å²) in [7, 11) is 0. The summed E-state index contributed by atoms with van der Waals surface area (Å²) >= 11 is 0. The van der Waals surface area contributed by atoms with Crippen LogP contribution in [-0.2, 0) is 0 Å². The van der Waals surface area contributed by atoms with Crippen molar-refractivity contribution in [1.82, 2.24) is 0 Å². The lowest BCUT2D eigenvalue weighted by Gasteiger charge is -2.12. The molecular formula is C11H23. The van der Waals surface area contributed by atoms with E-state index in [2.05, 4.69) is 27.2 Å². The predicted molar refractivity (Wildman–Crippen MR) is 52.5 cm³/mol. The molecule has 0 heteroatoms. The van der Waals surface area contributed by atoms with E-state index in [9.17, 15) is 0 Å². The van der Waals surface area contributed by atoms with Gasteiger partial charge in [0.15, 0.2) is 0 Å². The molecule has 0 rings (SSSR count). The van der Waals surface area contributed by atoms with Gasteiger partial charge < -0.3 is 0 Å². The Morgan fingerprint density at radius 3 is 2.36 bits per heavy atom. The van der Waals surface area contributed by atoms with E-state index >= 15 is 0 Å². The zero-order chi connectivity index (χ0) is 8.53. The second kappa shape index (κ2) is 8.10. The number of hydrogen-bond donors (Lipinski definition) is 0. The quantitative estimate of drug-likeness (QED) is 0.516. The van der Waals surface area contributed by atoms with Gasteiger partial charge in [-0.2, -0.15) is 0 Å². The third kappa shape index (κ3) is 6.40. The van der Waals surface area contributed by atoms with Crippen molar-refractivity contribution in [2.75, 3.05) is 0 Å². The van der Waals surface area contributed by atoms with Crippen molar-refractivity contribution in [2.45, 2.75) is 59.3 Å². The van der Waals surface area contributed by atoms with Gasteiger partial charge in [0.2, 0.25) is 0 Å². The van der Waals surface area contributed by atoms with E-state index in [4.69, 9.17) is 0 Å². The highest BCUT2D eigenvalue weighted by Gasteiger charge is 2.03. The molecule has 0 N–H and O–H groups in total. The lowest BCUT2D eigenvalue weighted by Crippen LogP contribution is -1.98. The van der Waals surface area contributed by atoms with Crippen molar-refractivity contribution >= 4 is 0 Å². The molecule has 0 aromatic heterocycles. The van der Waals surface area contributed by atoms with E-state index in [1.165, 1.54) is 38.5 Å². The van der Waals surface area contributed by atoms with Crippen molar-refractivity contribution in [3.05, 3.63) is 6.42 Å². The summed E-state index contributed by atoms with van der Waals surface area (Å²) in [5, 5.41) is 0. The first-order valence-electron chi connectivity index (χ1n) is 5.16. The molecule has 0 fully saturated rings. The molecule has 0 amide bonds. The second-order valence-electron chi connectivity index (χ2n) is 3.35. The van der Waals surface area contributed by atoms with Crippen LogP contribution in [0.15, 0.2) is 0 Å². The van der Waals surface area contributed by atoms with Gasteiger partial charge in [-0.1, -0.05) is 52.9 Å². The second-order valence-corrected chi connectivity index (χ2v) is 3.35. The molecule has 0 bridgehead atoms. The molecule has 0 aromatic rings. The highest BCUT2D eigenvalue weighted by molar-refractivity contribution is 4.68. The molecule has 0 saturated carbocycles. The van der Waals surface area contributed by atoms with Crippen molar-refractivity contribution in [3.63, 3.8) is 0 Å². The van der Waals surface area contributed by atoms with Gasteiger partial charge in [0, 0.05) is 0 Å². The molecule has 0 aromatic carbocycles. The van der Waals surface area contributed by atoms with E-state index in [-0.39, 0.29) is 0 Å². The van der Waals surface area contributed by atoms with Crippen LogP contribution in [0, 0.1) is 12.3 Å². The fourth-order valence-electron chi connectivity index (χ4n) is 1.38. The van der Waals surface area contributed by atoms with Crippen LogP contribution in [0.5, 0.6) is 0 Å². The smallest absolute Gasteiger partial charge is 0.0386 e. The molecule has 0 aliphatic carbocycles. The maximum atomic E-state index is 2.42. The normalized spacial score (nSPS) is 10.9. The first kappa shape index (κ1) is 11.0. The maximum absolute atomic E-state index is 2.42. The van der Waals surface area contributed by atoms with Gasteiger partial charge in [0.25, 0.3) is 0 Å². The van der Waals surface area contributed by atoms with Crippen molar-refractivity contribution in [1.29, 1.82) is 0 Å². The molecule has 0 nitrogen and oxygen atoms in total. The Morgan fingerprint density at radius 1 is 1.18 bits per heavy atom. The van der Waals surface area contributed by atoms with E-state index in [0.29, 0.717) is 0 Å². The Kier molecular flexibility index (Phi) is 8.10. The summed E-state index contributed by atoms with van der Waals surface area (Å²) in [4.78, 5) is 0. The van der Waals surface area contributed by atoms with Gasteiger partial charge in [-0.3, -0.25) is 0 Å². The Hall–Kier alpha value is 0. The largest absolute Gasteiger partial charge is 0.0654 e. The fourth-order valence-corrected chi connectivity index (χ4v) is 1.38. The first-order valence-corrected chi connectivity index (χ1v) is 5.16. The fraction of sp³-hybridized carbons (Fsp3) is 0.909. The summed E-state index contributed by atoms with van der Waals surface area (Å²) in [6, 6.07) is 0. The van der Waals surface area contributed by atoms with Gasteiger partial charge in [-0.25, -0.2) is 0 Å². The maximum Gasteiger partial charge on any atom is -0.0386 e. The SMILES string of the molecule is CC[CH]CC(CC)CCCC. The standard InChI is InChI=1S/C11H23/c1-4-7-9-11(6-3)10-8-5-2/h7,11H,4-6,8-10H2,1-3H3. The van der Waals surface area contributed by atoms with E-state index < -0.39 is 0 Å². The molecular weight excluding hydrogens is 132 g/mol. The number of hydrogen-bond acceptors (Lipinski definition) is 0.